The maximum absolute atomic E-state index is 13.1. The Morgan fingerprint density at radius 2 is 1.89 bits per heavy atom. The summed E-state index contributed by atoms with van der Waals surface area (Å²) in [5.41, 5.74) is 3.30. The number of hydrogen-bond donors (Lipinski definition) is 0. The molecule has 1 saturated heterocycles. The van der Waals surface area contributed by atoms with Crippen LogP contribution in [0, 0.1) is 6.92 Å². The molecule has 3 heterocycles. The van der Waals surface area contributed by atoms with Gasteiger partial charge in [0.25, 0.3) is 5.91 Å². The summed E-state index contributed by atoms with van der Waals surface area (Å²) in [7, 11) is 0. The summed E-state index contributed by atoms with van der Waals surface area (Å²) < 4.78 is 10.6. The summed E-state index contributed by atoms with van der Waals surface area (Å²) in [6.07, 6.45) is 6.92. The fourth-order valence-electron chi connectivity index (χ4n) is 3.69. The number of likely N-dealkylation sites (tertiary alicyclic amines) is 1. The van der Waals surface area contributed by atoms with Crippen LogP contribution in [0.1, 0.15) is 34.5 Å². The number of anilines is 1. The summed E-state index contributed by atoms with van der Waals surface area (Å²) >= 11 is 0. The topological polar surface area (TPSA) is 49.8 Å². The largest absolute Gasteiger partial charge is 0.472 e. The molecule has 0 radical (unpaired) electrons. The van der Waals surface area contributed by atoms with E-state index in [1.54, 1.807) is 30.9 Å². The van der Waals surface area contributed by atoms with Crippen molar-refractivity contribution < 1.29 is 13.6 Å². The van der Waals surface area contributed by atoms with E-state index in [0.717, 1.165) is 38.2 Å². The van der Waals surface area contributed by atoms with Gasteiger partial charge < -0.3 is 13.7 Å². The average molecular weight is 364 g/mol. The zero-order chi connectivity index (χ0) is 18.6. The van der Waals surface area contributed by atoms with Crippen molar-refractivity contribution in [1.82, 2.24) is 4.90 Å². The van der Waals surface area contributed by atoms with Crippen molar-refractivity contribution in [2.45, 2.75) is 32.4 Å². The number of amides is 1. The quantitative estimate of drug-likeness (QED) is 0.669. The van der Waals surface area contributed by atoms with Gasteiger partial charge in [0.2, 0.25) is 0 Å². The molecule has 0 unspecified atom stereocenters. The molecule has 27 heavy (non-hydrogen) atoms. The average Bonchev–Trinajstić information content (AvgIpc) is 3.39. The highest BCUT2D eigenvalue weighted by Gasteiger charge is 2.31. The highest BCUT2D eigenvalue weighted by atomic mass is 16.3. The molecule has 5 nitrogen and oxygen atoms in total. The Labute approximate surface area is 159 Å². The van der Waals surface area contributed by atoms with Crippen molar-refractivity contribution in [2.75, 3.05) is 18.0 Å². The van der Waals surface area contributed by atoms with Crippen molar-refractivity contribution in [3.8, 4) is 0 Å². The van der Waals surface area contributed by atoms with E-state index in [4.69, 9.17) is 8.83 Å². The minimum absolute atomic E-state index is 0.0721. The van der Waals surface area contributed by atoms with E-state index in [9.17, 15) is 4.79 Å². The highest BCUT2D eigenvalue weighted by molar-refractivity contribution is 6.04. The minimum atomic E-state index is -0.0721. The third-order valence-corrected chi connectivity index (χ3v) is 5.17. The maximum Gasteiger partial charge on any atom is 0.294 e. The van der Waals surface area contributed by atoms with Gasteiger partial charge in [0.15, 0.2) is 5.76 Å². The lowest BCUT2D eigenvalue weighted by molar-refractivity contribution is 0.0931. The van der Waals surface area contributed by atoms with Gasteiger partial charge in [-0.3, -0.25) is 9.69 Å². The standard InChI is InChI=1S/C22H24N2O3/c1-17-4-6-19(7-5-17)24(22(25)21-3-2-13-27-21)20-8-11-23(12-9-20)15-18-10-14-26-16-18/h2-7,10,13-14,16,20H,8-9,11-12,15H2,1H3. The van der Waals surface area contributed by atoms with Gasteiger partial charge in [-0.2, -0.15) is 0 Å². The van der Waals surface area contributed by atoms with Crippen LogP contribution in [0.25, 0.3) is 0 Å². The van der Waals surface area contributed by atoms with Crippen molar-refractivity contribution in [2.24, 2.45) is 0 Å². The molecule has 140 valence electrons. The zero-order valence-electron chi connectivity index (χ0n) is 15.5. The van der Waals surface area contributed by atoms with Gasteiger partial charge in [0, 0.05) is 36.9 Å². The predicted octanol–water partition coefficient (Wildman–Crippen LogP) is 4.49. The summed E-state index contributed by atoms with van der Waals surface area (Å²) in [6, 6.07) is 13.8. The van der Waals surface area contributed by atoms with Crippen LogP contribution >= 0.6 is 0 Å². The Balaban J connectivity index is 1.51. The van der Waals surface area contributed by atoms with E-state index >= 15 is 0 Å². The second-order valence-corrected chi connectivity index (χ2v) is 7.13. The Morgan fingerprint density at radius 1 is 1.11 bits per heavy atom. The summed E-state index contributed by atoms with van der Waals surface area (Å²) in [6.45, 7) is 4.84. The van der Waals surface area contributed by atoms with Gasteiger partial charge >= 0.3 is 0 Å². The molecule has 3 aromatic rings. The second-order valence-electron chi connectivity index (χ2n) is 7.13. The van der Waals surface area contributed by atoms with E-state index in [1.165, 1.54) is 11.1 Å². The van der Waals surface area contributed by atoms with Gasteiger partial charge in [-0.1, -0.05) is 17.7 Å². The third kappa shape index (κ3) is 3.98. The molecule has 1 amide bonds. The molecule has 1 fully saturated rings. The molecule has 0 N–H and O–H groups in total. The van der Waals surface area contributed by atoms with Crippen molar-refractivity contribution in [1.29, 1.82) is 0 Å². The molecule has 4 rings (SSSR count). The van der Waals surface area contributed by atoms with Crippen LogP contribution in [0.3, 0.4) is 0 Å². The number of rotatable bonds is 5. The smallest absolute Gasteiger partial charge is 0.294 e. The number of furan rings is 2. The molecule has 5 heteroatoms. The Morgan fingerprint density at radius 3 is 2.52 bits per heavy atom. The van der Waals surface area contributed by atoms with E-state index in [2.05, 4.69) is 11.8 Å². The maximum atomic E-state index is 13.1. The molecule has 2 aromatic heterocycles. The van der Waals surface area contributed by atoms with Crippen LogP contribution in [0.4, 0.5) is 5.69 Å². The van der Waals surface area contributed by atoms with E-state index in [1.807, 2.05) is 35.2 Å². The minimum Gasteiger partial charge on any atom is -0.472 e. The number of hydrogen-bond acceptors (Lipinski definition) is 4. The molecule has 1 aliphatic heterocycles. The fraction of sp³-hybridized carbons (Fsp3) is 0.318. The van der Waals surface area contributed by atoms with E-state index in [-0.39, 0.29) is 11.9 Å². The SMILES string of the molecule is Cc1ccc(N(C(=O)c2ccco2)C2CCN(Cc3ccoc3)CC2)cc1. The first-order valence-corrected chi connectivity index (χ1v) is 9.38. The van der Waals surface area contributed by atoms with Gasteiger partial charge in [0.05, 0.1) is 18.8 Å². The summed E-state index contributed by atoms with van der Waals surface area (Å²) in [5, 5.41) is 0. The Bertz CT molecular complexity index is 846. The van der Waals surface area contributed by atoms with Gasteiger partial charge in [0.1, 0.15) is 0 Å². The van der Waals surface area contributed by atoms with Gasteiger partial charge in [-0.25, -0.2) is 0 Å². The zero-order valence-corrected chi connectivity index (χ0v) is 15.5. The highest BCUT2D eigenvalue weighted by Crippen LogP contribution is 2.27. The van der Waals surface area contributed by atoms with Crippen molar-refractivity contribution in [3.63, 3.8) is 0 Å². The molecular formula is C22H24N2O3. The Kier molecular flexibility index (Phi) is 5.12. The normalized spacial score (nSPS) is 15.7. The number of nitrogens with zero attached hydrogens (tertiary/aromatic N) is 2. The van der Waals surface area contributed by atoms with E-state index in [0.29, 0.717) is 5.76 Å². The van der Waals surface area contributed by atoms with Crippen molar-refractivity contribution >= 4 is 11.6 Å². The lowest BCUT2D eigenvalue weighted by atomic mass is 10.0. The summed E-state index contributed by atoms with van der Waals surface area (Å²) in [4.78, 5) is 17.5. The lowest BCUT2D eigenvalue weighted by Gasteiger charge is -2.38. The first-order chi connectivity index (χ1) is 13.2. The summed E-state index contributed by atoms with van der Waals surface area (Å²) in [5.74, 6) is 0.313. The van der Waals surface area contributed by atoms with Crippen LogP contribution in [-0.4, -0.2) is 29.9 Å². The predicted molar refractivity (Wildman–Crippen MR) is 104 cm³/mol. The molecule has 0 atom stereocenters. The molecule has 0 aliphatic carbocycles. The van der Waals surface area contributed by atoms with Crippen LogP contribution in [0.5, 0.6) is 0 Å². The van der Waals surface area contributed by atoms with Gasteiger partial charge in [-0.15, -0.1) is 0 Å². The van der Waals surface area contributed by atoms with Crippen LogP contribution in [0.2, 0.25) is 0 Å². The number of carbonyl (C=O) groups excluding carboxylic acids is 1. The van der Waals surface area contributed by atoms with Crippen molar-refractivity contribution in [3.05, 3.63) is 78.1 Å². The molecule has 0 spiro atoms. The number of aryl methyl sites for hydroxylation is 1. The molecule has 0 saturated carbocycles. The van der Waals surface area contributed by atoms with Crippen LogP contribution < -0.4 is 4.90 Å². The Hall–Kier alpha value is -2.79. The molecular weight excluding hydrogens is 340 g/mol. The fourth-order valence-corrected chi connectivity index (χ4v) is 3.69. The second kappa shape index (κ2) is 7.84. The lowest BCUT2D eigenvalue weighted by Crippen LogP contribution is -2.47. The first kappa shape index (κ1) is 17.6. The third-order valence-electron chi connectivity index (χ3n) is 5.17. The van der Waals surface area contributed by atoms with Crippen LogP contribution in [0.15, 0.2) is 70.1 Å². The number of piperidine rings is 1. The molecule has 1 aliphatic rings. The molecule has 1 aromatic carbocycles. The van der Waals surface area contributed by atoms with E-state index < -0.39 is 0 Å². The monoisotopic (exact) mass is 364 g/mol. The van der Waals surface area contributed by atoms with Gasteiger partial charge in [-0.05, 0) is 50.1 Å². The first-order valence-electron chi connectivity index (χ1n) is 9.38. The number of carbonyl (C=O) groups is 1. The van der Waals surface area contributed by atoms with Crippen LogP contribution in [-0.2, 0) is 6.54 Å². The molecule has 0 bridgehead atoms. The number of benzene rings is 1.